The number of rotatable bonds is 8. The van der Waals surface area contributed by atoms with Crippen molar-refractivity contribution in [3.05, 3.63) is 84.2 Å². The molecule has 1 aliphatic heterocycles. The van der Waals surface area contributed by atoms with E-state index >= 15 is 0 Å². The fraction of sp³-hybridized carbons (Fsp3) is 0.207. The minimum Gasteiger partial charge on any atom is -0.497 e. The van der Waals surface area contributed by atoms with Crippen LogP contribution in [0.2, 0.25) is 0 Å². The van der Waals surface area contributed by atoms with Crippen molar-refractivity contribution in [2.75, 3.05) is 24.3 Å². The molecule has 1 aliphatic rings. The van der Waals surface area contributed by atoms with Crippen LogP contribution in [0.1, 0.15) is 11.1 Å². The average Bonchev–Trinajstić information content (AvgIpc) is 3.60. The third-order valence-corrected chi connectivity index (χ3v) is 7.50. The molecule has 1 fully saturated rings. The molecule has 43 heavy (non-hydrogen) atoms. The highest BCUT2D eigenvalue weighted by Gasteiger charge is 2.32. The van der Waals surface area contributed by atoms with Gasteiger partial charge < -0.3 is 14.8 Å². The van der Waals surface area contributed by atoms with Crippen molar-refractivity contribution < 1.29 is 27.4 Å². The zero-order valence-electron chi connectivity index (χ0n) is 23.0. The quantitative estimate of drug-likeness (QED) is 0.249. The molecule has 1 N–H and O–H groups in total. The molecule has 0 spiro atoms. The van der Waals surface area contributed by atoms with E-state index < -0.39 is 6.36 Å². The highest BCUT2D eigenvalue weighted by atomic mass is 32.2. The molecular formula is C29H25F3N6O3S2. The second-order valence-electron chi connectivity index (χ2n) is 9.30. The number of nitrogens with zero attached hydrogens (tertiary/aromatic N) is 5. The van der Waals surface area contributed by atoms with E-state index in [1.165, 1.54) is 47.0 Å². The first kappa shape index (κ1) is 30.0. The maximum absolute atomic E-state index is 12.6. The van der Waals surface area contributed by atoms with Crippen molar-refractivity contribution in [3.63, 3.8) is 0 Å². The smallest absolute Gasteiger partial charge is 0.497 e. The van der Waals surface area contributed by atoms with Crippen LogP contribution in [0.4, 0.5) is 18.9 Å². The number of anilines is 1. The van der Waals surface area contributed by atoms with E-state index in [0.29, 0.717) is 35.4 Å². The molecule has 0 atom stereocenters. The van der Waals surface area contributed by atoms with Crippen LogP contribution in [0.25, 0.3) is 17.1 Å². The van der Waals surface area contributed by atoms with Gasteiger partial charge in [-0.2, -0.15) is 4.99 Å². The summed E-state index contributed by atoms with van der Waals surface area (Å²) in [6.45, 7) is 2.45. The number of thiocarbonyl (C=S) groups is 1. The van der Waals surface area contributed by atoms with Gasteiger partial charge in [0.05, 0.1) is 24.2 Å². The largest absolute Gasteiger partial charge is 0.573 e. The molecule has 3 aromatic carbocycles. The summed E-state index contributed by atoms with van der Waals surface area (Å²) in [5.41, 5.74) is 4.00. The van der Waals surface area contributed by atoms with E-state index in [1.54, 1.807) is 18.1 Å². The van der Waals surface area contributed by atoms with Gasteiger partial charge in [0.15, 0.2) is 16.1 Å². The predicted molar refractivity (Wildman–Crippen MR) is 163 cm³/mol. The Labute approximate surface area is 254 Å². The number of carbonyl (C=O) groups excluding carboxylic acids is 1. The van der Waals surface area contributed by atoms with Gasteiger partial charge in [-0.3, -0.25) is 9.69 Å². The Balaban J connectivity index is 1.16. The first-order chi connectivity index (χ1) is 20.6. The lowest BCUT2D eigenvalue weighted by molar-refractivity contribution is -0.274. The monoisotopic (exact) mass is 626 g/mol. The van der Waals surface area contributed by atoms with E-state index in [1.807, 2.05) is 43.3 Å². The van der Waals surface area contributed by atoms with Gasteiger partial charge >= 0.3 is 6.36 Å². The molecule has 0 saturated carbocycles. The summed E-state index contributed by atoms with van der Waals surface area (Å²) in [4.78, 5) is 23.0. The van der Waals surface area contributed by atoms with Gasteiger partial charge in [0, 0.05) is 12.1 Å². The molecule has 222 valence electrons. The molecule has 0 bridgehead atoms. The first-order valence-electron chi connectivity index (χ1n) is 12.9. The molecule has 9 nitrogen and oxygen atoms in total. The highest BCUT2D eigenvalue weighted by Crippen LogP contribution is 2.31. The molecule has 1 aromatic heterocycles. The van der Waals surface area contributed by atoms with Gasteiger partial charge in [-0.15, -0.1) is 18.3 Å². The van der Waals surface area contributed by atoms with Gasteiger partial charge in [-0.05, 0) is 79.2 Å². The van der Waals surface area contributed by atoms with Crippen LogP contribution < -0.4 is 19.7 Å². The second kappa shape index (κ2) is 12.8. The summed E-state index contributed by atoms with van der Waals surface area (Å²) in [7, 11) is 1.59. The Morgan fingerprint density at radius 3 is 2.49 bits per heavy atom. The Morgan fingerprint density at radius 2 is 1.81 bits per heavy atom. The SMILES string of the molecule is COc1ccc(N2C(=O)CS/C2=N\C(=S)NCCc2ccc(-c3ncn(-c4ccc(OC(F)(F)F)cc4)n3)cc2)c(C)c1. The molecule has 5 rings (SSSR count). The number of halogens is 3. The predicted octanol–water partition coefficient (Wildman–Crippen LogP) is 5.70. The van der Waals surface area contributed by atoms with Crippen LogP contribution in [0, 0.1) is 6.92 Å². The van der Waals surface area contributed by atoms with Gasteiger partial charge in [0.2, 0.25) is 5.91 Å². The van der Waals surface area contributed by atoms with Crippen molar-refractivity contribution in [2.45, 2.75) is 19.7 Å². The normalized spacial score (nSPS) is 14.3. The lowest BCUT2D eigenvalue weighted by atomic mass is 10.1. The van der Waals surface area contributed by atoms with E-state index in [-0.39, 0.29) is 22.5 Å². The topological polar surface area (TPSA) is 93.9 Å². The number of amidine groups is 1. The Morgan fingerprint density at radius 1 is 1.09 bits per heavy atom. The van der Waals surface area contributed by atoms with Crippen LogP contribution in [-0.2, 0) is 11.2 Å². The average molecular weight is 627 g/mol. The van der Waals surface area contributed by atoms with E-state index in [2.05, 4.69) is 25.1 Å². The zero-order valence-corrected chi connectivity index (χ0v) is 24.6. The molecule has 0 aliphatic carbocycles. The number of methoxy groups -OCH3 is 1. The maximum atomic E-state index is 12.6. The Hall–Kier alpha value is -4.43. The number of thioether (sulfide) groups is 1. The fourth-order valence-corrected chi connectivity index (χ4v) is 5.38. The molecule has 0 unspecified atom stereocenters. The van der Waals surface area contributed by atoms with Crippen molar-refractivity contribution in [3.8, 4) is 28.6 Å². The summed E-state index contributed by atoms with van der Waals surface area (Å²) < 4.78 is 47.8. The van der Waals surface area contributed by atoms with Crippen LogP contribution in [0.15, 0.2) is 78.0 Å². The van der Waals surface area contributed by atoms with Crippen LogP contribution in [-0.4, -0.2) is 56.7 Å². The third kappa shape index (κ3) is 7.51. The summed E-state index contributed by atoms with van der Waals surface area (Å²) in [5, 5.41) is 8.38. The molecule has 1 amide bonds. The van der Waals surface area contributed by atoms with Crippen molar-refractivity contribution in [1.82, 2.24) is 20.1 Å². The maximum Gasteiger partial charge on any atom is 0.573 e. The highest BCUT2D eigenvalue weighted by molar-refractivity contribution is 8.15. The number of carbonyl (C=O) groups is 1. The molecule has 4 aromatic rings. The zero-order chi connectivity index (χ0) is 30.6. The number of aromatic nitrogens is 3. The van der Waals surface area contributed by atoms with Gasteiger partial charge in [-0.25, -0.2) is 9.67 Å². The number of nitrogens with one attached hydrogen (secondary N) is 1. The van der Waals surface area contributed by atoms with Crippen LogP contribution in [0.5, 0.6) is 11.5 Å². The minimum absolute atomic E-state index is 0.0623. The van der Waals surface area contributed by atoms with Crippen molar-refractivity contribution in [1.29, 1.82) is 0 Å². The summed E-state index contributed by atoms with van der Waals surface area (Å²) >= 11 is 6.77. The molecule has 2 heterocycles. The van der Waals surface area contributed by atoms with E-state index in [4.69, 9.17) is 17.0 Å². The van der Waals surface area contributed by atoms with Gasteiger partial charge in [0.25, 0.3) is 0 Å². The minimum atomic E-state index is -4.75. The summed E-state index contributed by atoms with van der Waals surface area (Å²) in [6.07, 6.45) is -2.59. The molecule has 1 saturated heterocycles. The fourth-order valence-electron chi connectivity index (χ4n) is 4.27. The molecule has 14 heteroatoms. The number of aryl methyl sites for hydroxylation is 1. The van der Waals surface area contributed by atoms with Crippen LogP contribution in [0.3, 0.4) is 0 Å². The number of hydrogen-bond acceptors (Lipinski definition) is 7. The Bertz CT molecular complexity index is 1660. The Kier molecular flexibility index (Phi) is 8.97. The van der Waals surface area contributed by atoms with Crippen LogP contribution >= 0.6 is 24.0 Å². The standard InChI is InChI=1S/C29H25F3N6O3S2/c1-18-15-23(40-2)11-12-24(18)38-25(39)16-43-28(38)35-27(42)33-14-13-19-3-5-20(6-4-19)26-34-17-37(36-26)21-7-9-22(10-8-21)41-29(30,31)32/h3-12,15,17H,13-14,16H2,1-2H3,(H,33,42)/b35-28-. The second-order valence-corrected chi connectivity index (χ2v) is 10.6. The number of hydrogen-bond donors (Lipinski definition) is 1. The number of aliphatic imine (C=N–C) groups is 1. The first-order valence-corrected chi connectivity index (χ1v) is 14.3. The van der Waals surface area contributed by atoms with E-state index in [0.717, 1.165) is 22.4 Å². The number of amides is 1. The number of benzene rings is 3. The number of ether oxygens (including phenoxy) is 2. The molecule has 0 radical (unpaired) electrons. The third-order valence-electron chi connectivity index (χ3n) is 6.34. The van der Waals surface area contributed by atoms with E-state index in [9.17, 15) is 18.0 Å². The lowest BCUT2D eigenvalue weighted by Crippen LogP contribution is -2.32. The van der Waals surface area contributed by atoms with Gasteiger partial charge in [-0.1, -0.05) is 36.0 Å². The number of alkyl halides is 3. The van der Waals surface area contributed by atoms with Crippen molar-refractivity contribution in [2.24, 2.45) is 4.99 Å². The van der Waals surface area contributed by atoms with Crippen molar-refractivity contribution >= 4 is 45.9 Å². The molecular weight excluding hydrogens is 601 g/mol. The summed E-state index contributed by atoms with van der Waals surface area (Å²) in [5.74, 6) is 1.09. The van der Waals surface area contributed by atoms with Gasteiger partial charge in [0.1, 0.15) is 17.8 Å². The lowest BCUT2D eigenvalue weighted by Gasteiger charge is -2.19. The summed E-state index contributed by atoms with van der Waals surface area (Å²) in [6, 6.07) is 18.6.